The Balaban J connectivity index is 2.42. The predicted molar refractivity (Wildman–Crippen MR) is 87.6 cm³/mol. The molecule has 112 valence electrons. The summed E-state index contributed by atoms with van der Waals surface area (Å²) in [6.45, 7) is 9.03. The Morgan fingerprint density at radius 2 is 1.75 bits per heavy atom. The second kappa shape index (κ2) is 8.42. The van der Waals surface area contributed by atoms with Gasteiger partial charge in [-0.2, -0.15) is 0 Å². The summed E-state index contributed by atoms with van der Waals surface area (Å²) in [7, 11) is 0. The highest BCUT2D eigenvalue weighted by Gasteiger charge is 2.15. The van der Waals surface area contributed by atoms with Gasteiger partial charge in [-0.1, -0.05) is 41.9 Å². The van der Waals surface area contributed by atoms with Gasteiger partial charge in [-0.15, -0.1) is 0 Å². The Hall–Kier alpha value is -0.870. The number of benzene rings is 1. The molecule has 0 spiro atoms. The van der Waals surface area contributed by atoms with Crippen molar-refractivity contribution in [2.45, 2.75) is 46.2 Å². The molecule has 3 nitrogen and oxygen atoms in total. The number of carbonyl (C=O) groups excluding carboxylic acids is 1. The fraction of sp³-hybridized carbons (Fsp3) is 0.562. The molecule has 0 aliphatic carbocycles. The van der Waals surface area contributed by atoms with Crippen molar-refractivity contribution in [2.75, 3.05) is 6.54 Å². The molecule has 0 radical (unpaired) electrons. The largest absolute Gasteiger partial charge is 0.355 e. The molecule has 0 saturated heterocycles. The maximum absolute atomic E-state index is 12.0. The van der Waals surface area contributed by atoms with E-state index in [1.54, 1.807) is 0 Å². The molecule has 0 aliphatic heterocycles. The molecule has 1 unspecified atom stereocenters. The zero-order valence-electron chi connectivity index (χ0n) is 12.7. The predicted octanol–water partition coefficient (Wildman–Crippen LogP) is 3.65. The Bertz CT molecular complexity index is 417. The maximum Gasteiger partial charge on any atom is 0.236 e. The summed E-state index contributed by atoms with van der Waals surface area (Å²) in [5.74, 6) is 0.676. The fourth-order valence-electron chi connectivity index (χ4n) is 1.94. The van der Waals surface area contributed by atoms with Gasteiger partial charge in [0.25, 0.3) is 0 Å². The van der Waals surface area contributed by atoms with Gasteiger partial charge in [-0.25, -0.2) is 0 Å². The lowest BCUT2D eigenvalue weighted by molar-refractivity contribution is -0.122. The Morgan fingerprint density at radius 3 is 2.30 bits per heavy atom. The van der Waals surface area contributed by atoms with Crippen LogP contribution in [0.4, 0.5) is 0 Å². The number of amides is 1. The first-order chi connectivity index (χ1) is 9.40. The summed E-state index contributed by atoms with van der Waals surface area (Å²) in [4.78, 5) is 12.0. The van der Waals surface area contributed by atoms with Crippen LogP contribution >= 0.6 is 15.9 Å². The second-order valence-corrected chi connectivity index (χ2v) is 6.55. The minimum atomic E-state index is -0.194. The SMILES string of the molecule is CC(C)CCNC(=O)C(C)N[C@H](C)c1ccc(Br)cc1. The molecule has 2 atom stereocenters. The van der Waals surface area contributed by atoms with E-state index in [2.05, 4.69) is 59.5 Å². The molecular formula is C16H25BrN2O. The summed E-state index contributed by atoms with van der Waals surface area (Å²) < 4.78 is 1.06. The van der Waals surface area contributed by atoms with Gasteiger partial charge >= 0.3 is 0 Å². The quantitative estimate of drug-likeness (QED) is 0.795. The summed E-state index contributed by atoms with van der Waals surface area (Å²) in [6.07, 6.45) is 1.01. The standard InChI is InChI=1S/C16H25BrN2O/c1-11(2)9-10-18-16(20)13(4)19-12(3)14-5-7-15(17)8-6-14/h5-8,11-13,19H,9-10H2,1-4H3,(H,18,20)/t12-,13?/m1/s1. The molecule has 20 heavy (non-hydrogen) atoms. The molecule has 4 heteroatoms. The van der Waals surface area contributed by atoms with Crippen LogP contribution in [-0.2, 0) is 4.79 Å². The van der Waals surface area contributed by atoms with Gasteiger partial charge < -0.3 is 5.32 Å². The van der Waals surface area contributed by atoms with Crippen molar-refractivity contribution in [3.63, 3.8) is 0 Å². The smallest absolute Gasteiger partial charge is 0.236 e. The number of hydrogen-bond donors (Lipinski definition) is 2. The van der Waals surface area contributed by atoms with Crippen LogP contribution in [0, 0.1) is 5.92 Å². The molecule has 0 saturated carbocycles. The van der Waals surface area contributed by atoms with Gasteiger partial charge in [-0.3, -0.25) is 10.1 Å². The van der Waals surface area contributed by atoms with Gasteiger partial charge in [0.15, 0.2) is 0 Å². The van der Waals surface area contributed by atoms with Crippen molar-refractivity contribution in [1.82, 2.24) is 10.6 Å². The van der Waals surface area contributed by atoms with E-state index in [-0.39, 0.29) is 18.0 Å². The van der Waals surface area contributed by atoms with Crippen molar-refractivity contribution in [1.29, 1.82) is 0 Å². The first-order valence-corrected chi connectivity index (χ1v) is 7.98. The van der Waals surface area contributed by atoms with Gasteiger partial charge in [-0.05, 0) is 43.9 Å². The molecule has 0 aromatic heterocycles. The zero-order chi connectivity index (χ0) is 15.1. The van der Waals surface area contributed by atoms with Crippen molar-refractivity contribution in [3.8, 4) is 0 Å². The van der Waals surface area contributed by atoms with Crippen LogP contribution in [0.3, 0.4) is 0 Å². The molecule has 1 aromatic rings. The van der Waals surface area contributed by atoms with Crippen LogP contribution in [-0.4, -0.2) is 18.5 Å². The molecule has 1 aromatic carbocycles. The highest BCUT2D eigenvalue weighted by Crippen LogP contribution is 2.16. The van der Waals surface area contributed by atoms with Crippen molar-refractivity contribution >= 4 is 21.8 Å². The minimum Gasteiger partial charge on any atom is -0.355 e. The first-order valence-electron chi connectivity index (χ1n) is 7.19. The average molecular weight is 341 g/mol. The lowest BCUT2D eigenvalue weighted by atomic mass is 10.1. The number of nitrogens with one attached hydrogen (secondary N) is 2. The Labute approximate surface area is 130 Å². The molecule has 2 N–H and O–H groups in total. The average Bonchev–Trinajstić information content (AvgIpc) is 2.38. The van der Waals surface area contributed by atoms with Crippen molar-refractivity contribution in [2.24, 2.45) is 5.92 Å². The van der Waals surface area contributed by atoms with Crippen LogP contribution in [0.1, 0.15) is 45.7 Å². The highest BCUT2D eigenvalue weighted by molar-refractivity contribution is 9.10. The fourth-order valence-corrected chi connectivity index (χ4v) is 2.20. The summed E-state index contributed by atoms with van der Waals surface area (Å²) in [5, 5.41) is 6.30. The lowest BCUT2D eigenvalue weighted by Crippen LogP contribution is -2.43. The number of carbonyl (C=O) groups is 1. The number of halogens is 1. The first kappa shape index (κ1) is 17.2. The molecule has 1 rings (SSSR count). The molecule has 1 amide bonds. The number of rotatable bonds is 7. The van der Waals surface area contributed by atoms with Gasteiger partial charge in [0.2, 0.25) is 5.91 Å². The maximum atomic E-state index is 12.0. The van der Waals surface area contributed by atoms with E-state index in [1.165, 1.54) is 5.56 Å². The minimum absolute atomic E-state index is 0.0645. The Kier molecular flexibility index (Phi) is 7.24. The third kappa shape index (κ3) is 6.06. The van der Waals surface area contributed by atoms with E-state index >= 15 is 0 Å². The van der Waals surface area contributed by atoms with Crippen molar-refractivity contribution < 1.29 is 4.79 Å². The monoisotopic (exact) mass is 340 g/mol. The normalized spacial score (nSPS) is 14.1. The second-order valence-electron chi connectivity index (χ2n) is 5.64. The molecule has 0 bridgehead atoms. The topological polar surface area (TPSA) is 41.1 Å². The van der Waals surface area contributed by atoms with Crippen LogP contribution in [0.15, 0.2) is 28.7 Å². The van der Waals surface area contributed by atoms with E-state index in [0.29, 0.717) is 5.92 Å². The van der Waals surface area contributed by atoms with E-state index < -0.39 is 0 Å². The molecule has 0 aliphatic rings. The third-order valence-corrected chi connectivity index (χ3v) is 3.81. The van der Waals surface area contributed by atoms with E-state index in [1.807, 2.05) is 19.1 Å². The van der Waals surface area contributed by atoms with Crippen LogP contribution in [0.25, 0.3) is 0 Å². The zero-order valence-corrected chi connectivity index (χ0v) is 14.3. The van der Waals surface area contributed by atoms with Crippen LogP contribution in [0.5, 0.6) is 0 Å². The Morgan fingerprint density at radius 1 is 1.15 bits per heavy atom. The lowest BCUT2D eigenvalue weighted by Gasteiger charge is -2.20. The van der Waals surface area contributed by atoms with E-state index in [0.717, 1.165) is 17.4 Å². The van der Waals surface area contributed by atoms with Gasteiger partial charge in [0.05, 0.1) is 6.04 Å². The van der Waals surface area contributed by atoms with Gasteiger partial charge in [0, 0.05) is 17.1 Å². The number of hydrogen-bond acceptors (Lipinski definition) is 2. The molecule has 0 heterocycles. The van der Waals surface area contributed by atoms with E-state index in [4.69, 9.17) is 0 Å². The van der Waals surface area contributed by atoms with E-state index in [9.17, 15) is 4.79 Å². The molecular weight excluding hydrogens is 316 g/mol. The highest BCUT2D eigenvalue weighted by atomic mass is 79.9. The summed E-state index contributed by atoms with van der Waals surface area (Å²) in [5.41, 5.74) is 1.18. The van der Waals surface area contributed by atoms with Gasteiger partial charge in [0.1, 0.15) is 0 Å². The summed E-state index contributed by atoms with van der Waals surface area (Å²) >= 11 is 3.42. The third-order valence-electron chi connectivity index (χ3n) is 3.28. The van der Waals surface area contributed by atoms with Crippen LogP contribution < -0.4 is 10.6 Å². The molecule has 0 fully saturated rings. The summed E-state index contributed by atoms with van der Waals surface area (Å²) in [6, 6.07) is 8.10. The van der Waals surface area contributed by atoms with Crippen molar-refractivity contribution in [3.05, 3.63) is 34.3 Å². The van der Waals surface area contributed by atoms with Crippen LogP contribution in [0.2, 0.25) is 0 Å².